The van der Waals surface area contributed by atoms with Crippen LogP contribution in [0.3, 0.4) is 0 Å². The summed E-state index contributed by atoms with van der Waals surface area (Å²) in [5.74, 6) is 0.813. The van der Waals surface area contributed by atoms with Gasteiger partial charge in [0.2, 0.25) is 0 Å². The Labute approximate surface area is 117 Å². The van der Waals surface area contributed by atoms with Crippen molar-refractivity contribution in [3.8, 4) is 5.75 Å². The van der Waals surface area contributed by atoms with Gasteiger partial charge >= 0.3 is 0 Å². The highest BCUT2D eigenvalue weighted by atomic mass is 79.9. The Morgan fingerprint density at radius 3 is 2.35 bits per heavy atom. The molecule has 0 saturated heterocycles. The first-order chi connectivity index (χ1) is 8.05. The van der Waals surface area contributed by atoms with Crippen molar-refractivity contribution in [2.24, 2.45) is 0 Å². The quantitative estimate of drug-likeness (QED) is 0.594. The van der Waals surface area contributed by atoms with Crippen LogP contribution in [-0.2, 0) is 15.1 Å². The maximum absolute atomic E-state index is 10.6. The first-order valence-electron chi connectivity index (χ1n) is 5.28. The third-order valence-corrected chi connectivity index (χ3v) is 4.66. The Kier molecular flexibility index (Phi) is 3.50. The van der Waals surface area contributed by atoms with Gasteiger partial charge in [-0.1, -0.05) is 44.0 Å². The minimum absolute atomic E-state index is 0.360. The summed E-state index contributed by atoms with van der Waals surface area (Å²) in [6.45, 7) is 3.06. The maximum atomic E-state index is 10.6. The van der Waals surface area contributed by atoms with Crippen LogP contribution in [0.25, 0.3) is 0 Å². The summed E-state index contributed by atoms with van der Waals surface area (Å²) < 4.78 is 10.2. The molecule has 0 spiro atoms. The van der Waals surface area contributed by atoms with Crippen molar-refractivity contribution < 1.29 is 14.3 Å². The fourth-order valence-electron chi connectivity index (χ4n) is 1.85. The lowest BCUT2D eigenvalue weighted by atomic mass is 10.1. The van der Waals surface area contributed by atoms with E-state index in [1.54, 1.807) is 0 Å². The highest BCUT2D eigenvalue weighted by molar-refractivity contribution is 9.25. The highest BCUT2D eigenvalue weighted by Crippen LogP contribution is 2.67. The normalized spacial score (nSPS) is 25.1. The van der Waals surface area contributed by atoms with Gasteiger partial charge in [-0.3, -0.25) is 4.79 Å². The second kappa shape index (κ2) is 4.61. The lowest BCUT2D eigenvalue weighted by molar-refractivity contribution is -0.136. The molecule has 1 saturated carbocycles. The topological polar surface area (TPSA) is 35.5 Å². The molecule has 0 aromatic heterocycles. The third-order valence-electron chi connectivity index (χ3n) is 2.82. The summed E-state index contributed by atoms with van der Waals surface area (Å²) in [5, 5.41) is 0. The van der Waals surface area contributed by atoms with Gasteiger partial charge in [-0.05, 0) is 24.6 Å². The van der Waals surface area contributed by atoms with Gasteiger partial charge in [0.25, 0.3) is 6.47 Å². The van der Waals surface area contributed by atoms with Crippen molar-refractivity contribution in [1.29, 1.82) is 0 Å². The lowest BCUT2D eigenvalue weighted by Gasteiger charge is -2.17. The Morgan fingerprint density at radius 1 is 1.35 bits per heavy atom. The first kappa shape index (κ1) is 12.9. The first-order valence-corrected chi connectivity index (χ1v) is 6.87. The molecular weight excluding hydrogens is 352 g/mol. The zero-order valence-electron chi connectivity index (χ0n) is 9.28. The molecule has 0 bridgehead atoms. The van der Waals surface area contributed by atoms with E-state index >= 15 is 0 Å². The molecule has 0 heterocycles. The summed E-state index contributed by atoms with van der Waals surface area (Å²) in [5.41, 5.74) is 0.335. The standard InChI is InChI=1S/C12H12Br2O3/c1-2-16-10-5-3-9(4-6-10)11(17-8-15)7-12(11,13)14/h3-6,8H,2,7H2,1H3. The summed E-state index contributed by atoms with van der Waals surface area (Å²) in [6, 6.07) is 7.59. The van der Waals surface area contributed by atoms with E-state index in [4.69, 9.17) is 9.47 Å². The largest absolute Gasteiger partial charge is 0.494 e. The summed E-state index contributed by atoms with van der Waals surface area (Å²) in [6.07, 6.45) is 0.701. The maximum Gasteiger partial charge on any atom is 0.294 e. The Bertz CT molecular complexity index is 416. The average molecular weight is 364 g/mol. The number of rotatable bonds is 5. The van der Waals surface area contributed by atoms with Crippen LogP contribution in [0.15, 0.2) is 24.3 Å². The van der Waals surface area contributed by atoms with Crippen molar-refractivity contribution in [2.75, 3.05) is 6.61 Å². The molecule has 1 aromatic rings. The van der Waals surface area contributed by atoms with E-state index in [2.05, 4.69) is 31.9 Å². The number of halogens is 2. The molecule has 5 heteroatoms. The number of hydrogen-bond acceptors (Lipinski definition) is 3. The highest BCUT2D eigenvalue weighted by Gasteiger charge is 2.69. The zero-order valence-corrected chi connectivity index (χ0v) is 12.5. The van der Waals surface area contributed by atoms with E-state index in [0.29, 0.717) is 19.5 Å². The number of alkyl halides is 2. The van der Waals surface area contributed by atoms with Crippen molar-refractivity contribution in [2.45, 2.75) is 22.2 Å². The van der Waals surface area contributed by atoms with E-state index in [0.717, 1.165) is 11.3 Å². The van der Waals surface area contributed by atoms with Crippen LogP contribution >= 0.6 is 31.9 Å². The molecule has 1 unspecified atom stereocenters. The number of carbonyl (C=O) groups excluding carboxylic acids is 1. The van der Waals surface area contributed by atoms with Gasteiger partial charge in [-0.15, -0.1) is 0 Å². The van der Waals surface area contributed by atoms with Crippen molar-refractivity contribution >= 4 is 38.3 Å². The van der Waals surface area contributed by atoms with E-state index < -0.39 is 5.60 Å². The van der Waals surface area contributed by atoms with Gasteiger partial charge in [-0.25, -0.2) is 0 Å². The molecule has 1 atom stereocenters. The van der Waals surface area contributed by atoms with E-state index in [1.807, 2.05) is 31.2 Å². The number of ether oxygens (including phenoxy) is 2. The smallest absolute Gasteiger partial charge is 0.294 e. The second-order valence-electron chi connectivity index (χ2n) is 3.88. The minimum Gasteiger partial charge on any atom is -0.494 e. The van der Waals surface area contributed by atoms with Crippen LogP contribution in [0.2, 0.25) is 0 Å². The molecule has 1 fully saturated rings. The molecule has 0 radical (unpaired) electrons. The number of benzene rings is 1. The van der Waals surface area contributed by atoms with Gasteiger partial charge in [0.15, 0.2) is 5.60 Å². The molecule has 17 heavy (non-hydrogen) atoms. The summed E-state index contributed by atoms with van der Waals surface area (Å²) in [7, 11) is 0. The van der Waals surface area contributed by atoms with Gasteiger partial charge in [-0.2, -0.15) is 0 Å². The summed E-state index contributed by atoms with van der Waals surface area (Å²) >= 11 is 7.00. The van der Waals surface area contributed by atoms with Crippen LogP contribution in [0.5, 0.6) is 5.75 Å². The number of hydrogen-bond donors (Lipinski definition) is 0. The SMILES string of the molecule is CCOc1ccc(C2(OC=O)CC2(Br)Br)cc1. The van der Waals surface area contributed by atoms with Crippen LogP contribution in [0, 0.1) is 0 Å². The molecule has 92 valence electrons. The molecule has 0 amide bonds. The molecule has 3 nitrogen and oxygen atoms in total. The molecule has 1 aromatic carbocycles. The molecule has 0 aliphatic heterocycles. The van der Waals surface area contributed by atoms with Crippen molar-refractivity contribution in [1.82, 2.24) is 0 Å². The van der Waals surface area contributed by atoms with Gasteiger partial charge < -0.3 is 9.47 Å². The molecule has 0 N–H and O–H groups in total. The van der Waals surface area contributed by atoms with Crippen molar-refractivity contribution in [3.05, 3.63) is 29.8 Å². The number of carbonyl (C=O) groups is 1. The minimum atomic E-state index is -0.612. The Hall–Kier alpha value is -0.550. The van der Waals surface area contributed by atoms with E-state index in [9.17, 15) is 4.79 Å². The fraction of sp³-hybridized carbons (Fsp3) is 0.417. The second-order valence-corrected chi connectivity index (χ2v) is 7.65. The average Bonchev–Trinajstić information content (AvgIpc) is 2.84. The van der Waals surface area contributed by atoms with Gasteiger partial charge in [0, 0.05) is 6.42 Å². The van der Waals surface area contributed by atoms with Gasteiger partial charge in [0.05, 0.1) is 6.61 Å². The van der Waals surface area contributed by atoms with E-state index in [1.165, 1.54) is 0 Å². The van der Waals surface area contributed by atoms with E-state index in [-0.39, 0.29) is 3.23 Å². The van der Waals surface area contributed by atoms with Crippen LogP contribution in [0.1, 0.15) is 18.9 Å². The predicted molar refractivity (Wildman–Crippen MR) is 71.6 cm³/mol. The molecule has 1 aliphatic rings. The monoisotopic (exact) mass is 362 g/mol. The van der Waals surface area contributed by atoms with Crippen LogP contribution < -0.4 is 4.74 Å². The van der Waals surface area contributed by atoms with Crippen molar-refractivity contribution in [3.63, 3.8) is 0 Å². The molecule has 1 aliphatic carbocycles. The summed E-state index contributed by atoms with van der Waals surface area (Å²) in [4.78, 5) is 10.6. The zero-order chi connectivity index (χ0) is 12.5. The van der Waals surface area contributed by atoms with Gasteiger partial charge in [0.1, 0.15) is 8.98 Å². The molecule has 2 rings (SSSR count). The predicted octanol–water partition coefficient (Wildman–Crippen LogP) is 3.34. The Morgan fingerprint density at radius 2 is 1.94 bits per heavy atom. The van der Waals surface area contributed by atoms with Crippen LogP contribution in [0.4, 0.5) is 0 Å². The Balaban J connectivity index is 2.24. The van der Waals surface area contributed by atoms with Crippen LogP contribution in [-0.4, -0.2) is 16.3 Å². The lowest BCUT2D eigenvalue weighted by Crippen LogP contribution is -2.18. The molecular formula is C12H12Br2O3. The third kappa shape index (κ3) is 2.22. The fourth-order valence-corrected chi connectivity index (χ4v) is 3.28.